The van der Waals surface area contributed by atoms with Crippen LogP contribution >= 0.6 is 0 Å². The van der Waals surface area contributed by atoms with E-state index in [1.165, 1.54) is 0 Å². The molecule has 4 heteroatoms. The predicted octanol–water partition coefficient (Wildman–Crippen LogP) is 0.986. The normalized spacial score (nSPS) is 37.1. The van der Waals surface area contributed by atoms with Crippen LogP contribution in [0.5, 0.6) is 0 Å². The van der Waals surface area contributed by atoms with Gasteiger partial charge in [-0.05, 0) is 0 Å². The van der Waals surface area contributed by atoms with Gasteiger partial charge in [0.1, 0.15) is 0 Å². The molecule has 0 spiro atoms. The van der Waals surface area contributed by atoms with E-state index in [1.807, 2.05) is 29.0 Å². The summed E-state index contributed by atoms with van der Waals surface area (Å²) in [6.45, 7) is 1.79. The first-order valence-corrected chi connectivity index (χ1v) is 14.9. The summed E-state index contributed by atoms with van der Waals surface area (Å²) in [5.74, 6) is 0. The Kier molecular flexibility index (Phi) is 1.87. The molecule has 0 radical (unpaired) electrons. The number of hydrogen-bond acceptors (Lipinski definition) is 2. The van der Waals surface area contributed by atoms with Gasteiger partial charge in [0.25, 0.3) is 0 Å². The van der Waals surface area contributed by atoms with Gasteiger partial charge in [-0.3, -0.25) is 0 Å². The summed E-state index contributed by atoms with van der Waals surface area (Å²) in [5.41, 5.74) is 0. The van der Waals surface area contributed by atoms with Gasteiger partial charge in [0.05, 0.1) is 0 Å². The third kappa shape index (κ3) is 1.11. The van der Waals surface area contributed by atoms with Crippen LogP contribution in [0.1, 0.15) is 0 Å². The summed E-state index contributed by atoms with van der Waals surface area (Å²) in [6, 6.07) is 0. The summed E-state index contributed by atoms with van der Waals surface area (Å²) in [4.78, 5) is 0. The number of nitrogens with zero attached hydrogens (tertiary/aromatic N) is 2. The van der Waals surface area contributed by atoms with Gasteiger partial charge in [-0.1, -0.05) is 0 Å². The molecule has 0 atom stereocenters. The molecular formula is C6H16BiFN2. The van der Waals surface area contributed by atoms with E-state index in [1.54, 1.807) is 0 Å². The quantitative estimate of drug-likeness (QED) is 0.605. The predicted molar refractivity (Wildman–Crippen MR) is 43.9 cm³/mol. The van der Waals surface area contributed by atoms with Gasteiger partial charge < -0.3 is 0 Å². The molecule has 0 amide bonds. The molecule has 0 aliphatic carbocycles. The van der Waals surface area contributed by atoms with Crippen molar-refractivity contribution < 1.29 is 2.63 Å². The molecule has 1 saturated heterocycles. The molecule has 0 aromatic heterocycles. The van der Waals surface area contributed by atoms with E-state index < -0.39 is 20.0 Å². The zero-order valence-corrected chi connectivity index (χ0v) is 10.6. The Hall–Kier alpha value is 0.733. The van der Waals surface area contributed by atoms with Crippen LogP contribution in [0.25, 0.3) is 0 Å². The Balaban J connectivity index is 2.92. The Bertz CT molecular complexity index is 138. The summed E-state index contributed by atoms with van der Waals surface area (Å²) < 4.78 is 21.7. The zero-order chi connectivity index (χ0) is 8.02. The Morgan fingerprint density at radius 2 is 1.40 bits per heavy atom. The molecular weight excluding hydrogens is 328 g/mol. The number of hydrogen-bond donors (Lipinski definition) is 0. The monoisotopic (exact) mass is 344 g/mol. The average Bonchev–Trinajstić information content (AvgIpc) is 1.93. The molecule has 1 heterocycles. The Morgan fingerprint density at radius 3 is 1.50 bits per heavy atom. The Morgan fingerprint density at radius 1 is 1.10 bits per heavy atom. The molecule has 1 aliphatic heterocycles. The van der Waals surface area contributed by atoms with Crippen LogP contribution in [0.15, 0.2) is 0 Å². The van der Waals surface area contributed by atoms with Crippen LogP contribution in [0.4, 0.5) is 2.63 Å². The van der Waals surface area contributed by atoms with Crippen LogP contribution in [-0.2, 0) is 0 Å². The number of rotatable bonds is 0. The fraction of sp³-hybridized carbons (Fsp3) is 1.00. The molecule has 2 nitrogen and oxygen atoms in total. The van der Waals surface area contributed by atoms with Crippen LogP contribution in [0.2, 0.25) is 9.26 Å². The SMILES string of the molecule is C[N]1CC[N](C)[Bi]1([CH3])([CH3])[F]. The van der Waals surface area contributed by atoms with Crippen molar-refractivity contribution >= 4 is 20.0 Å². The molecule has 0 saturated carbocycles. The minimum absolute atomic E-state index is 0.896. The van der Waals surface area contributed by atoms with Crippen LogP contribution < -0.4 is 0 Å². The second-order valence-corrected chi connectivity index (χ2v) is 23.1. The maximum absolute atomic E-state index is 14.2. The van der Waals surface area contributed by atoms with Gasteiger partial charge in [0.15, 0.2) is 0 Å². The van der Waals surface area contributed by atoms with E-state index in [9.17, 15) is 2.63 Å². The molecule has 1 rings (SSSR count). The van der Waals surface area contributed by atoms with E-state index in [2.05, 4.69) is 0 Å². The van der Waals surface area contributed by atoms with Crippen molar-refractivity contribution in [2.45, 2.75) is 9.26 Å². The summed E-state index contributed by atoms with van der Waals surface area (Å²) >= 11 is -3.94. The van der Waals surface area contributed by atoms with Crippen molar-refractivity contribution in [1.82, 2.24) is 5.69 Å². The summed E-state index contributed by atoms with van der Waals surface area (Å²) in [5, 5.41) is 0. The van der Waals surface area contributed by atoms with Gasteiger partial charge >= 0.3 is 64.7 Å². The second kappa shape index (κ2) is 2.12. The summed E-state index contributed by atoms with van der Waals surface area (Å²) in [6.07, 6.45) is 0. The van der Waals surface area contributed by atoms with Gasteiger partial charge in [-0.25, -0.2) is 0 Å². The van der Waals surface area contributed by atoms with Crippen molar-refractivity contribution in [3.05, 3.63) is 0 Å². The van der Waals surface area contributed by atoms with Crippen molar-refractivity contribution in [3.8, 4) is 0 Å². The zero-order valence-electron chi connectivity index (χ0n) is 7.13. The molecule has 10 heavy (non-hydrogen) atoms. The molecule has 0 bridgehead atoms. The molecule has 1 aliphatic rings. The van der Waals surface area contributed by atoms with E-state index >= 15 is 0 Å². The van der Waals surface area contributed by atoms with Crippen molar-refractivity contribution in [2.75, 3.05) is 27.2 Å². The van der Waals surface area contributed by atoms with E-state index in [0.717, 1.165) is 13.1 Å². The molecule has 0 N–H and O–H groups in total. The second-order valence-electron chi connectivity index (χ2n) is 3.59. The third-order valence-electron chi connectivity index (χ3n) is 2.68. The van der Waals surface area contributed by atoms with Gasteiger partial charge in [-0.2, -0.15) is 0 Å². The molecule has 0 unspecified atom stereocenters. The minimum atomic E-state index is -3.94. The van der Waals surface area contributed by atoms with Gasteiger partial charge in [0.2, 0.25) is 0 Å². The molecule has 1 fully saturated rings. The first kappa shape index (κ1) is 8.83. The van der Waals surface area contributed by atoms with Crippen LogP contribution in [0.3, 0.4) is 0 Å². The molecule has 0 aromatic rings. The maximum atomic E-state index is 14.2. The Labute approximate surface area is 64.8 Å². The van der Waals surface area contributed by atoms with Crippen molar-refractivity contribution in [2.24, 2.45) is 0 Å². The van der Waals surface area contributed by atoms with Gasteiger partial charge in [-0.15, -0.1) is 0 Å². The standard InChI is InChI=1S/C4H10N2.2CH3.Bi.FH/c1-5-3-4-6-2;;;;/h3-4H2,1-2H3;2*1H3;;1H/q-2;;;+3;/p-1. The molecule has 62 valence electrons. The topological polar surface area (TPSA) is 6.48 Å². The van der Waals surface area contributed by atoms with Crippen molar-refractivity contribution in [3.63, 3.8) is 0 Å². The third-order valence-corrected chi connectivity index (χ3v) is 19.2. The number of halogens is 1. The number of likely N-dealkylation sites (N-methyl/N-ethyl adjacent to an activating group) is 2. The van der Waals surface area contributed by atoms with Crippen LogP contribution in [0, 0.1) is 0 Å². The van der Waals surface area contributed by atoms with E-state index in [4.69, 9.17) is 0 Å². The van der Waals surface area contributed by atoms with E-state index in [-0.39, 0.29) is 0 Å². The fourth-order valence-corrected chi connectivity index (χ4v) is 8.23. The first-order chi connectivity index (χ1) is 4.33. The van der Waals surface area contributed by atoms with Gasteiger partial charge in [0, 0.05) is 0 Å². The summed E-state index contributed by atoms with van der Waals surface area (Å²) in [7, 11) is 3.80. The first-order valence-electron chi connectivity index (χ1n) is 3.49. The van der Waals surface area contributed by atoms with Crippen LogP contribution in [-0.4, -0.2) is 52.8 Å². The average molecular weight is 344 g/mol. The van der Waals surface area contributed by atoms with E-state index in [0.29, 0.717) is 0 Å². The fourth-order valence-electron chi connectivity index (χ4n) is 1.12. The van der Waals surface area contributed by atoms with Crippen molar-refractivity contribution in [1.29, 1.82) is 0 Å². The molecule has 0 aromatic carbocycles.